The molecule has 1 unspecified atom stereocenters. The summed E-state index contributed by atoms with van der Waals surface area (Å²) in [7, 11) is -0.303. The van der Waals surface area contributed by atoms with Crippen LogP contribution in [0.2, 0.25) is 0 Å². The number of ether oxygens (including phenoxy) is 1. The first-order valence-electron chi connectivity index (χ1n) is 6.92. The molecular weight excluding hydrogens is 292 g/mol. The standard InChI is InChI=1S/C14H24N2O4S/c1-4-11-6-7-13(12(10-11)14(17)20-3)16-21(18,19)9-5-8-15-2/h6-7,10,14-17H,4-5,8-9H2,1-3H3. The first-order chi connectivity index (χ1) is 9.93. The van der Waals surface area contributed by atoms with Crippen LogP contribution in [-0.4, -0.2) is 40.0 Å². The first-order valence-corrected chi connectivity index (χ1v) is 8.57. The number of methoxy groups -OCH3 is 1. The highest BCUT2D eigenvalue weighted by molar-refractivity contribution is 7.92. The van der Waals surface area contributed by atoms with Gasteiger partial charge in [-0.05, 0) is 44.1 Å². The lowest BCUT2D eigenvalue weighted by atomic mass is 10.1. The number of hydrogen-bond acceptors (Lipinski definition) is 5. The van der Waals surface area contributed by atoms with Gasteiger partial charge in [-0.15, -0.1) is 0 Å². The summed E-state index contributed by atoms with van der Waals surface area (Å²) < 4.78 is 31.5. The SMILES string of the molecule is CCc1ccc(NS(=O)(=O)CCCNC)c(C(O)OC)c1. The van der Waals surface area contributed by atoms with Crippen LogP contribution in [0.15, 0.2) is 18.2 Å². The highest BCUT2D eigenvalue weighted by Crippen LogP contribution is 2.26. The molecule has 1 aromatic rings. The van der Waals surface area contributed by atoms with Crippen molar-refractivity contribution in [2.45, 2.75) is 26.1 Å². The Morgan fingerprint density at radius 2 is 2.10 bits per heavy atom. The molecule has 0 radical (unpaired) electrons. The van der Waals surface area contributed by atoms with Crippen molar-refractivity contribution < 1.29 is 18.3 Å². The van der Waals surface area contributed by atoms with Crippen LogP contribution < -0.4 is 10.0 Å². The average molecular weight is 316 g/mol. The summed E-state index contributed by atoms with van der Waals surface area (Å²) in [6.45, 7) is 2.61. The molecule has 0 saturated carbocycles. The number of nitrogens with one attached hydrogen (secondary N) is 2. The van der Waals surface area contributed by atoms with Crippen LogP contribution in [0.3, 0.4) is 0 Å². The van der Waals surface area contributed by atoms with Crippen molar-refractivity contribution in [2.75, 3.05) is 31.2 Å². The Kier molecular flexibility index (Phi) is 7.10. The van der Waals surface area contributed by atoms with Crippen LogP contribution in [0.4, 0.5) is 5.69 Å². The molecule has 3 N–H and O–H groups in total. The van der Waals surface area contributed by atoms with Crippen molar-refractivity contribution in [3.63, 3.8) is 0 Å². The van der Waals surface area contributed by atoms with Gasteiger partial charge < -0.3 is 15.2 Å². The zero-order chi connectivity index (χ0) is 15.9. The van der Waals surface area contributed by atoms with E-state index in [1.807, 2.05) is 13.0 Å². The van der Waals surface area contributed by atoms with Gasteiger partial charge in [-0.1, -0.05) is 13.0 Å². The molecule has 0 amide bonds. The Bertz CT molecular complexity index is 546. The maximum absolute atomic E-state index is 12.0. The summed E-state index contributed by atoms with van der Waals surface area (Å²) in [6, 6.07) is 5.24. The van der Waals surface area contributed by atoms with Gasteiger partial charge in [0, 0.05) is 12.7 Å². The molecule has 0 heterocycles. The third-order valence-electron chi connectivity index (χ3n) is 3.12. The second kappa shape index (κ2) is 8.33. The van der Waals surface area contributed by atoms with Gasteiger partial charge in [0.25, 0.3) is 0 Å². The van der Waals surface area contributed by atoms with E-state index in [0.717, 1.165) is 12.0 Å². The van der Waals surface area contributed by atoms with Crippen LogP contribution in [-0.2, 0) is 21.2 Å². The number of anilines is 1. The van der Waals surface area contributed by atoms with Crippen LogP contribution in [0, 0.1) is 0 Å². The van der Waals surface area contributed by atoms with Crippen molar-refractivity contribution in [3.8, 4) is 0 Å². The Labute approximate surface area is 126 Å². The Balaban J connectivity index is 2.96. The van der Waals surface area contributed by atoms with Gasteiger partial charge in [-0.25, -0.2) is 8.42 Å². The van der Waals surface area contributed by atoms with Gasteiger partial charge in [0.05, 0.1) is 11.4 Å². The molecule has 0 aliphatic carbocycles. The zero-order valence-electron chi connectivity index (χ0n) is 12.7. The van der Waals surface area contributed by atoms with Crippen LogP contribution >= 0.6 is 0 Å². The fraction of sp³-hybridized carbons (Fsp3) is 0.571. The lowest BCUT2D eigenvalue weighted by Crippen LogP contribution is -2.21. The van der Waals surface area contributed by atoms with E-state index in [1.54, 1.807) is 19.2 Å². The summed E-state index contributed by atoms with van der Waals surface area (Å²) in [5.74, 6) is 0.0197. The Morgan fingerprint density at radius 1 is 1.38 bits per heavy atom. The number of hydrogen-bond donors (Lipinski definition) is 3. The minimum Gasteiger partial charge on any atom is -0.364 e. The van der Waals surface area contributed by atoms with Crippen molar-refractivity contribution in [2.24, 2.45) is 0 Å². The Hall–Kier alpha value is -1.15. The summed E-state index contributed by atoms with van der Waals surface area (Å²) in [5, 5.41) is 12.8. The predicted molar refractivity (Wildman–Crippen MR) is 83.7 cm³/mol. The Morgan fingerprint density at radius 3 is 2.67 bits per heavy atom. The maximum atomic E-state index is 12.0. The lowest BCUT2D eigenvalue weighted by Gasteiger charge is -2.17. The van der Waals surface area contributed by atoms with E-state index in [4.69, 9.17) is 4.74 Å². The second-order valence-electron chi connectivity index (χ2n) is 4.74. The van der Waals surface area contributed by atoms with E-state index in [9.17, 15) is 13.5 Å². The van der Waals surface area contributed by atoms with Crippen molar-refractivity contribution in [3.05, 3.63) is 29.3 Å². The highest BCUT2D eigenvalue weighted by Gasteiger charge is 2.17. The molecule has 0 aliphatic rings. The first kappa shape index (κ1) is 17.9. The second-order valence-corrected chi connectivity index (χ2v) is 6.58. The molecule has 0 fully saturated rings. The molecule has 1 atom stereocenters. The number of aryl methyl sites for hydroxylation is 1. The van der Waals surface area contributed by atoms with E-state index >= 15 is 0 Å². The predicted octanol–water partition coefficient (Wildman–Crippen LogP) is 1.24. The van der Waals surface area contributed by atoms with E-state index < -0.39 is 16.3 Å². The molecular formula is C14H24N2O4S. The van der Waals surface area contributed by atoms with Gasteiger partial charge in [-0.3, -0.25) is 4.72 Å². The van der Waals surface area contributed by atoms with Crippen LogP contribution in [0.25, 0.3) is 0 Å². The number of benzene rings is 1. The van der Waals surface area contributed by atoms with E-state index in [0.29, 0.717) is 24.2 Å². The normalized spacial score (nSPS) is 13.1. The fourth-order valence-electron chi connectivity index (χ4n) is 1.91. The van der Waals surface area contributed by atoms with Crippen LogP contribution in [0.1, 0.15) is 30.8 Å². The molecule has 6 nitrogen and oxygen atoms in total. The van der Waals surface area contributed by atoms with Gasteiger partial charge in [0.2, 0.25) is 10.0 Å². The molecule has 0 bridgehead atoms. The maximum Gasteiger partial charge on any atom is 0.232 e. The average Bonchev–Trinajstić information content (AvgIpc) is 2.46. The number of sulfonamides is 1. The minimum atomic E-state index is -3.45. The highest BCUT2D eigenvalue weighted by atomic mass is 32.2. The monoisotopic (exact) mass is 316 g/mol. The molecule has 7 heteroatoms. The molecule has 0 saturated heterocycles. The van der Waals surface area contributed by atoms with E-state index in [-0.39, 0.29) is 5.75 Å². The summed E-state index contributed by atoms with van der Waals surface area (Å²) in [4.78, 5) is 0. The molecule has 21 heavy (non-hydrogen) atoms. The van der Waals surface area contributed by atoms with Crippen LogP contribution in [0.5, 0.6) is 0 Å². The van der Waals surface area contributed by atoms with Gasteiger partial charge >= 0.3 is 0 Å². The van der Waals surface area contributed by atoms with Crippen molar-refractivity contribution in [1.82, 2.24) is 5.32 Å². The third-order valence-corrected chi connectivity index (χ3v) is 4.48. The van der Waals surface area contributed by atoms with Gasteiger partial charge in [-0.2, -0.15) is 0 Å². The number of aliphatic hydroxyl groups is 1. The lowest BCUT2D eigenvalue weighted by molar-refractivity contribution is -0.0764. The van der Waals surface area contributed by atoms with E-state index in [2.05, 4.69) is 10.0 Å². The molecule has 0 aliphatic heterocycles. The van der Waals surface area contributed by atoms with Gasteiger partial charge in [0.15, 0.2) is 6.29 Å². The topological polar surface area (TPSA) is 87.7 Å². The minimum absolute atomic E-state index is 0.0197. The summed E-state index contributed by atoms with van der Waals surface area (Å²) in [5.41, 5.74) is 1.78. The van der Waals surface area contributed by atoms with Gasteiger partial charge in [0.1, 0.15) is 0 Å². The molecule has 1 aromatic carbocycles. The number of rotatable bonds is 9. The molecule has 120 valence electrons. The quantitative estimate of drug-likeness (QED) is 0.471. The smallest absolute Gasteiger partial charge is 0.232 e. The third kappa shape index (κ3) is 5.62. The fourth-order valence-corrected chi connectivity index (χ4v) is 3.06. The summed E-state index contributed by atoms with van der Waals surface area (Å²) in [6.07, 6.45) is 0.145. The molecule has 0 aromatic heterocycles. The van der Waals surface area contributed by atoms with E-state index in [1.165, 1.54) is 7.11 Å². The zero-order valence-corrected chi connectivity index (χ0v) is 13.5. The van der Waals surface area contributed by atoms with Crippen molar-refractivity contribution >= 4 is 15.7 Å². The summed E-state index contributed by atoms with van der Waals surface area (Å²) >= 11 is 0. The molecule has 0 spiro atoms. The largest absolute Gasteiger partial charge is 0.364 e. The van der Waals surface area contributed by atoms with Crippen molar-refractivity contribution in [1.29, 1.82) is 0 Å². The molecule has 1 rings (SSSR count). The number of aliphatic hydroxyl groups excluding tert-OH is 1.